The highest BCUT2D eigenvalue weighted by Crippen LogP contribution is 2.24. The van der Waals surface area contributed by atoms with Crippen LogP contribution < -0.4 is 5.32 Å². The normalized spacial score (nSPS) is 9.88. The molecule has 4 rings (SSSR count). The Morgan fingerprint density at radius 3 is 2.17 bits per heavy atom. The Bertz CT molecular complexity index is 878. The molecule has 0 aliphatic heterocycles. The number of fused-ring (bicyclic) bond motifs is 1. The first-order chi connectivity index (χ1) is 11.8. The molecule has 1 aromatic heterocycles. The summed E-state index contributed by atoms with van der Waals surface area (Å²) in [6.45, 7) is 0. The Labute approximate surface area is 145 Å². The number of nitrogens with zero attached hydrogens (tertiary/aromatic N) is 2. The fraction of sp³-hybridized carbons (Fsp3) is 0. The summed E-state index contributed by atoms with van der Waals surface area (Å²) in [4.78, 5) is 0. The number of anilines is 2. The van der Waals surface area contributed by atoms with Crippen LogP contribution in [0.3, 0.4) is 0 Å². The van der Waals surface area contributed by atoms with Gasteiger partial charge in [0.2, 0.25) is 0 Å². The summed E-state index contributed by atoms with van der Waals surface area (Å²) < 4.78 is 0. The lowest BCUT2D eigenvalue weighted by atomic mass is 10.2. The number of nitrogens with one attached hydrogen (secondary N) is 1. The molecule has 0 saturated heterocycles. The number of halogens is 1. The summed E-state index contributed by atoms with van der Waals surface area (Å²) in [5, 5.41) is 14.1. The molecule has 0 saturated carbocycles. The van der Waals surface area contributed by atoms with Crippen molar-refractivity contribution >= 4 is 33.9 Å². The first-order valence-electron chi connectivity index (χ1n) is 7.56. The number of hydrogen-bond donors (Lipinski definition) is 1. The lowest BCUT2D eigenvalue weighted by molar-refractivity contribution is 1.05. The fourth-order valence-corrected chi connectivity index (χ4v) is 2.40. The summed E-state index contributed by atoms with van der Waals surface area (Å²) >= 11 is 5.95. The highest BCUT2D eigenvalue weighted by Gasteiger charge is 2.03. The average Bonchev–Trinajstić information content (AvgIpc) is 2.64. The molecule has 24 heavy (non-hydrogen) atoms. The van der Waals surface area contributed by atoms with Crippen LogP contribution >= 0.6 is 11.6 Å². The Hall–Kier alpha value is -2.91. The van der Waals surface area contributed by atoms with Crippen molar-refractivity contribution in [3.8, 4) is 0 Å². The highest BCUT2D eigenvalue weighted by molar-refractivity contribution is 6.30. The van der Waals surface area contributed by atoms with Crippen molar-refractivity contribution in [2.45, 2.75) is 0 Å². The number of hydrogen-bond acceptors (Lipinski definition) is 3. The molecule has 0 fully saturated rings. The zero-order chi connectivity index (χ0) is 16.6. The van der Waals surface area contributed by atoms with Crippen molar-refractivity contribution in [1.29, 1.82) is 0 Å². The van der Waals surface area contributed by atoms with E-state index in [1.807, 2.05) is 84.9 Å². The van der Waals surface area contributed by atoms with Crippen LogP contribution in [0.4, 0.5) is 11.5 Å². The van der Waals surface area contributed by atoms with Gasteiger partial charge in [-0.05, 0) is 18.2 Å². The van der Waals surface area contributed by atoms with E-state index in [9.17, 15) is 0 Å². The van der Waals surface area contributed by atoms with E-state index < -0.39 is 0 Å². The van der Waals surface area contributed by atoms with Crippen molar-refractivity contribution in [2.24, 2.45) is 0 Å². The van der Waals surface area contributed by atoms with Crippen molar-refractivity contribution in [2.75, 3.05) is 5.32 Å². The Kier molecular flexibility index (Phi) is 5.38. The van der Waals surface area contributed by atoms with Gasteiger partial charge in [-0.3, -0.25) is 0 Å². The maximum atomic E-state index is 5.95. The molecule has 0 aliphatic rings. The summed E-state index contributed by atoms with van der Waals surface area (Å²) in [5.74, 6) is 0.732. The summed E-state index contributed by atoms with van der Waals surface area (Å²) in [6, 6.07) is 27.5. The van der Waals surface area contributed by atoms with Gasteiger partial charge in [0.1, 0.15) is 0 Å². The summed E-state index contributed by atoms with van der Waals surface area (Å²) in [6.07, 6.45) is 1.75. The molecule has 3 nitrogen and oxygen atoms in total. The first kappa shape index (κ1) is 16.0. The molecular weight excluding hydrogens is 318 g/mol. The molecule has 4 heteroatoms. The highest BCUT2D eigenvalue weighted by atomic mass is 35.5. The molecule has 0 spiro atoms. The molecule has 0 aliphatic carbocycles. The van der Waals surface area contributed by atoms with E-state index in [1.165, 1.54) is 0 Å². The minimum atomic E-state index is 0.688. The molecule has 0 unspecified atom stereocenters. The standard InChI is InChI=1S/C14H10ClN3.C6H6/c15-11-5-3-6-12(8-11)17-14-13-7-2-1-4-10(13)9-16-18-14;1-2-4-6-5-3-1/h1-9H,(H,17,18);1-6H. The lowest BCUT2D eigenvalue weighted by Crippen LogP contribution is -1.96. The van der Waals surface area contributed by atoms with Crippen LogP contribution in [0.15, 0.2) is 91.1 Å². The summed E-state index contributed by atoms with van der Waals surface area (Å²) in [7, 11) is 0. The van der Waals surface area contributed by atoms with Gasteiger partial charge in [-0.25, -0.2) is 0 Å². The molecule has 0 bridgehead atoms. The van der Waals surface area contributed by atoms with Gasteiger partial charge in [-0.15, -0.1) is 5.10 Å². The third-order valence-electron chi connectivity index (χ3n) is 3.32. The Balaban J connectivity index is 0.000000238. The minimum Gasteiger partial charge on any atom is -0.338 e. The van der Waals surface area contributed by atoms with Crippen LogP contribution in [-0.4, -0.2) is 10.2 Å². The molecule has 118 valence electrons. The van der Waals surface area contributed by atoms with Gasteiger partial charge in [0.25, 0.3) is 0 Å². The van der Waals surface area contributed by atoms with Crippen molar-refractivity contribution in [3.05, 3.63) is 96.1 Å². The van der Waals surface area contributed by atoms with Crippen LogP contribution in [0.25, 0.3) is 10.8 Å². The van der Waals surface area contributed by atoms with E-state index >= 15 is 0 Å². The summed E-state index contributed by atoms with van der Waals surface area (Å²) in [5.41, 5.74) is 0.896. The van der Waals surface area contributed by atoms with Gasteiger partial charge in [-0.1, -0.05) is 78.3 Å². The van der Waals surface area contributed by atoms with Gasteiger partial charge in [0.15, 0.2) is 5.82 Å². The molecule has 4 aromatic rings. The second-order valence-corrected chi connectivity index (χ2v) is 5.51. The van der Waals surface area contributed by atoms with Gasteiger partial charge >= 0.3 is 0 Å². The third-order valence-corrected chi connectivity index (χ3v) is 3.56. The monoisotopic (exact) mass is 333 g/mol. The topological polar surface area (TPSA) is 37.8 Å². The third kappa shape index (κ3) is 4.31. The first-order valence-corrected chi connectivity index (χ1v) is 7.94. The van der Waals surface area contributed by atoms with Crippen LogP contribution in [-0.2, 0) is 0 Å². The largest absolute Gasteiger partial charge is 0.338 e. The fourth-order valence-electron chi connectivity index (χ4n) is 2.21. The quantitative estimate of drug-likeness (QED) is 0.510. The Morgan fingerprint density at radius 1 is 0.750 bits per heavy atom. The molecule has 1 heterocycles. The van der Waals surface area contributed by atoms with Crippen LogP contribution in [0, 0.1) is 0 Å². The lowest BCUT2D eigenvalue weighted by Gasteiger charge is -2.07. The minimum absolute atomic E-state index is 0.688. The predicted molar refractivity (Wildman–Crippen MR) is 101 cm³/mol. The smallest absolute Gasteiger partial charge is 0.160 e. The van der Waals surface area contributed by atoms with E-state index in [-0.39, 0.29) is 0 Å². The zero-order valence-corrected chi connectivity index (χ0v) is 13.7. The number of aromatic nitrogens is 2. The van der Waals surface area contributed by atoms with E-state index in [4.69, 9.17) is 11.6 Å². The maximum absolute atomic E-state index is 5.95. The second-order valence-electron chi connectivity index (χ2n) is 5.07. The molecule has 0 radical (unpaired) electrons. The van der Waals surface area contributed by atoms with Crippen LogP contribution in [0.2, 0.25) is 5.02 Å². The Morgan fingerprint density at radius 2 is 1.46 bits per heavy atom. The van der Waals surface area contributed by atoms with Crippen molar-refractivity contribution in [3.63, 3.8) is 0 Å². The average molecular weight is 334 g/mol. The second kappa shape index (κ2) is 8.09. The van der Waals surface area contributed by atoms with E-state index in [0.717, 1.165) is 22.3 Å². The van der Waals surface area contributed by atoms with E-state index in [2.05, 4.69) is 15.5 Å². The molecule has 3 aromatic carbocycles. The van der Waals surface area contributed by atoms with Crippen LogP contribution in [0.1, 0.15) is 0 Å². The van der Waals surface area contributed by atoms with Gasteiger partial charge in [0.05, 0.1) is 6.20 Å². The maximum Gasteiger partial charge on any atom is 0.160 e. The molecule has 0 atom stereocenters. The SMILES string of the molecule is Clc1cccc(Nc2nncc3ccccc23)c1.c1ccccc1. The van der Waals surface area contributed by atoms with Gasteiger partial charge < -0.3 is 5.32 Å². The van der Waals surface area contributed by atoms with Crippen molar-refractivity contribution < 1.29 is 0 Å². The van der Waals surface area contributed by atoms with E-state index in [0.29, 0.717) is 5.02 Å². The zero-order valence-electron chi connectivity index (χ0n) is 12.9. The number of rotatable bonds is 2. The molecular formula is C20H16ClN3. The predicted octanol–water partition coefficient (Wildman–Crippen LogP) is 5.71. The van der Waals surface area contributed by atoms with Gasteiger partial charge in [0, 0.05) is 21.5 Å². The van der Waals surface area contributed by atoms with Gasteiger partial charge in [-0.2, -0.15) is 5.10 Å². The molecule has 1 N–H and O–H groups in total. The number of benzene rings is 3. The van der Waals surface area contributed by atoms with Crippen LogP contribution in [0.5, 0.6) is 0 Å². The van der Waals surface area contributed by atoms with Crippen molar-refractivity contribution in [1.82, 2.24) is 10.2 Å². The van der Waals surface area contributed by atoms with E-state index in [1.54, 1.807) is 6.20 Å². The molecule has 0 amide bonds.